The molecule has 1 N–H and O–H groups in total. The number of ether oxygens (including phenoxy) is 3. The van der Waals surface area contributed by atoms with E-state index < -0.39 is 17.7 Å². The summed E-state index contributed by atoms with van der Waals surface area (Å²) in [6, 6.07) is 19.2. The van der Waals surface area contributed by atoms with E-state index in [1.165, 1.54) is 4.90 Å². The van der Waals surface area contributed by atoms with Crippen molar-refractivity contribution in [3.8, 4) is 17.2 Å². The molecule has 1 aliphatic heterocycles. The number of aliphatic hydroxyl groups excluding tert-OH is 1. The summed E-state index contributed by atoms with van der Waals surface area (Å²) >= 11 is 0. The highest BCUT2D eigenvalue weighted by atomic mass is 16.5. The second-order valence-electron chi connectivity index (χ2n) is 9.62. The van der Waals surface area contributed by atoms with Crippen molar-refractivity contribution in [2.75, 3.05) is 20.3 Å². The zero-order valence-electron chi connectivity index (χ0n) is 23.1. The van der Waals surface area contributed by atoms with Crippen LogP contribution in [0.3, 0.4) is 0 Å². The fourth-order valence-electron chi connectivity index (χ4n) is 4.85. The Hall–Kier alpha value is -4.26. The van der Waals surface area contributed by atoms with Gasteiger partial charge >= 0.3 is 0 Å². The molecule has 4 rings (SSSR count). The van der Waals surface area contributed by atoms with Crippen molar-refractivity contribution in [1.82, 2.24) is 4.90 Å². The Bertz CT molecular complexity index is 1380. The summed E-state index contributed by atoms with van der Waals surface area (Å²) in [6.45, 7) is 9.04. The van der Waals surface area contributed by atoms with Crippen LogP contribution in [0.5, 0.6) is 17.2 Å². The average molecular weight is 530 g/mol. The lowest BCUT2D eigenvalue weighted by Gasteiger charge is -2.26. The van der Waals surface area contributed by atoms with Gasteiger partial charge in [-0.1, -0.05) is 38.1 Å². The minimum atomic E-state index is -0.804. The molecule has 0 aromatic heterocycles. The molecule has 0 bridgehead atoms. The van der Waals surface area contributed by atoms with Crippen LogP contribution in [-0.2, 0) is 16.1 Å². The minimum absolute atomic E-state index is 0.0426. The Morgan fingerprint density at radius 2 is 1.64 bits per heavy atom. The highest BCUT2D eigenvalue weighted by molar-refractivity contribution is 6.46. The molecule has 204 valence electrons. The van der Waals surface area contributed by atoms with Crippen LogP contribution in [0.15, 0.2) is 72.3 Å². The van der Waals surface area contributed by atoms with Gasteiger partial charge in [0.05, 0.1) is 31.9 Å². The highest BCUT2D eigenvalue weighted by Crippen LogP contribution is 2.42. The number of carbonyl (C=O) groups is 2. The van der Waals surface area contributed by atoms with Crippen LogP contribution < -0.4 is 14.2 Å². The van der Waals surface area contributed by atoms with Crippen molar-refractivity contribution < 1.29 is 28.9 Å². The summed E-state index contributed by atoms with van der Waals surface area (Å²) < 4.78 is 16.7. The maximum atomic E-state index is 13.5. The molecular weight excluding hydrogens is 494 g/mol. The number of carbonyl (C=O) groups excluding carboxylic acids is 2. The molecular formula is C32H35NO6. The topological polar surface area (TPSA) is 85.3 Å². The number of nitrogens with zero attached hydrogens (tertiary/aromatic N) is 1. The van der Waals surface area contributed by atoms with Gasteiger partial charge in [0.2, 0.25) is 0 Å². The van der Waals surface area contributed by atoms with E-state index in [0.29, 0.717) is 35.8 Å². The van der Waals surface area contributed by atoms with E-state index in [2.05, 4.69) is 0 Å². The van der Waals surface area contributed by atoms with Gasteiger partial charge in [-0.15, -0.1) is 0 Å². The van der Waals surface area contributed by atoms with E-state index in [1.807, 2.05) is 82.3 Å². The molecule has 1 atom stereocenters. The third-order valence-electron chi connectivity index (χ3n) is 6.74. The van der Waals surface area contributed by atoms with E-state index in [-0.39, 0.29) is 23.8 Å². The number of aliphatic hydroxyl groups is 1. The van der Waals surface area contributed by atoms with Gasteiger partial charge < -0.3 is 24.2 Å². The van der Waals surface area contributed by atoms with Gasteiger partial charge in [0.25, 0.3) is 11.7 Å². The summed E-state index contributed by atoms with van der Waals surface area (Å²) in [5.41, 5.74) is 2.90. The van der Waals surface area contributed by atoms with E-state index in [9.17, 15) is 14.7 Å². The fraction of sp³-hybridized carbons (Fsp3) is 0.312. The highest BCUT2D eigenvalue weighted by Gasteiger charge is 2.46. The van der Waals surface area contributed by atoms with Crippen molar-refractivity contribution in [1.29, 1.82) is 0 Å². The number of hydrogen-bond donors (Lipinski definition) is 1. The molecule has 1 fully saturated rings. The Balaban J connectivity index is 1.86. The maximum absolute atomic E-state index is 13.5. The van der Waals surface area contributed by atoms with Crippen molar-refractivity contribution >= 4 is 17.4 Å². The monoisotopic (exact) mass is 529 g/mol. The maximum Gasteiger partial charge on any atom is 0.295 e. The SMILES string of the molecule is CCOc1cccc(C2/C(=C(\O)c3ccc(OCC)c(C(C)C)c3)C(=O)C(=O)N2Cc2ccc(OC)cc2)c1. The normalized spacial score (nSPS) is 16.6. The molecule has 1 aliphatic rings. The van der Waals surface area contributed by atoms with Gasteiger partial charge in [-0.2, -0.15) is 0 Å². The van der Waals surface area contributed by atoms with Gasteiger partial charge in [0.15, 0.2) is 0 Å². The van der Waals surface area contributed by atoms with Crippen molar-refractivity contribution in [3.05, 3.63) is 94.6 Å². The molecule has 0 spiro atoms. The second-order valence-corrected chi connectivity index (χ2v) is 9.62. The van der Waals surface area contributed by atoms with Crippen LogP contribution in [0, 0.1) is 0 Å². The number of Topliss-reactive ketones (excluding diaryl/α,β-unsaturated/α-hetero) is 1. The van der Waals surface area contributed by atoms with Crippen LogP contribution in [0.2, 0.25) is 0 Å². The summed E-state index contributed by atoms with van der Waals surface area (Å²) in [4.78, 5) is 28.5. The van der Waals surface area contributed by atoms with Gasteiger partial charge in [0, 0.05) is 12.1 Å². The lowest BCUT2D eigenvalue weighted by Crippen LogP contribution is -2.29. The molecule has 7 heteroatoms. The van der Waals surface area contributed by atoms with Gasteiger partial charge in [-0.25, -0.2) is 0 Å². The summed E-state index contributed by atoms with van der Waals surface area (Å²) in [5.74, 6) is 0.538. The van der Waals surface area contributed by atoms with Crippen molar-refractivity contribution in [2.45, 2.75) is 46.2 Å². The predicted molar refractivity (Wildman–Crippen MR) is 150 cm³/mol. The van der Waals surface area contributed by atoms with Crippen LogP contribution in [-0.4, -0.2) is 42.0 Å². The first-order valence-corrected chi connectivity index (χ1v) is 13.2. The lowest BCUT2D eigenvalue weighted by atomic mass is 9.93. The molecule has 1 heterocycles. The second kappa shape index (κ2) is 12.1. The molecule has 0 saturated carbocycles. The first kappa shape index (κ1) is 27.8. The zero-order chi connectivity index (χ0) is 28.1. The van der Waals surface area contributed by atoms with Crippen molar-refractivity contribution in [2.24, 2.45) is 0 Å². The molecule has 1 amide bonds. The number of benzene rings is 3. The summed E-state index contributed by atoms with van der Waals surface area (Å²) in [5, 5.41) is 11.6. The van der Waals surface area contributed by atoms with E-state index >= 15 is 0 Å². The van der Waals surface area contributed by atoms with Crippen molar-refractivity contribution in [3.63, 3.8) is 0 Å². The van der Waals surface area contributed by atoms with Gasteiger partial charge in [0.1, 0.15) is 23.0 Å². The zero-order valence-corrected chi connectivity index (χ0v) is 23.1. The molecule has 0 radical (unpaired) electrons. The Morgan fingerprint density at radius 3 is 2.28 bits per heavy atom. The standard InChI is InChI=1S/C32H35NO6/c1-6-38-25-10-8-9-22(17-25)29-28(30(34)23-13-16-27(39-7-2)26(18-23)20(3)4)31(35)32(36)33(29)19-21-11-14-24(37-5)15-12-21/h8-18,20,29,34H,6-7,19H2,1-5H3/b30-28+. The van der Waals surface area contributed by atoms with E-state index in [1.54, 1.807) is 19.2 Å². The number of methoxy groups -OCH3 is 1. The number of hydrogen-bond acceptors (Lipinski definition) is 6. The first-order valence-electron chi connectivity index (χ1n) is 13.2. The number of amides is 1. The third kappa shape index (κ3) is 5.77. The van der Waals surface area contributed by atoms with Crippen LogP contribution in [0.1, 0.15) is 61.9 Å². The molecule has 3 aromatic carbocycles. The predicted octanol–water partition coefficient (Wildman–Crippen LogP) is 6.24. The molecule has 39 heavy (non-hydrogen) atoms. The largest absolute Gasteiger partial charge is 0.507 e. The molecule has 3 aromatic rings. The summed E-state index contributed by atoms with van der Waals surface area (Å²) in [6.07, 6.45) is 0. The number of rotatable bonds is 10. The van der Waals surface area contributed by atoms with Gasteiger partial charge in [-0.05, 0) is 78.9 Å². The minimum Gasteiger partial charge on any atom is -0.507 e. The average Bonchev–Trinajstić information content (AvgIpc) is 3.18. The van der Waals surface area contributed by atoms with Crippen LogP contribution >= 0.6 is 0 Å². The lowest BCUT2D eigenvalue weighted by molar-refractivity contribution is -0.140. The van der Waals surface area contributed by atoms with Crippen LogP contribution in [0.25, 0.3) is 5.76 Å². The van der Waals surface area contributed by atoms with Gasteiger partial charge in [-0.3, -0.25) is 9.59 Å². The Labute approximate surface area is 229 Å². The Kier molecular flexibility index (Phi) is 8.59. The first-order chi connectivity index (χ1) is 18.8. The Morgan fingerprint density at radius 1 is 0.923 bits per heavy atom. The summed E-state index contributed by atoms with van der Waals surface area (Å²) in [7, 11) is 1.59. The number of likely N-dealkylation sites (tertiary alicyclic amines) is 1. The third-order valence-corrected chi connectivity index (χ3v) is 6.74. The van der Waals surface area contributed by atoms with E-state index in [0.717, 1.165) is 16.9 Å². The van der Waals surface area contributed by atoms with E-state index in [4.69, 9.17) is 14.2 Å². The number of ketones is 1. The molecule has 1 unspecified atom stereocenters. The molecule has 1 saturated heterocycles. The fourth-order valence-corrected chi connectivity index (χ4v) is 4.85. The quantitative estimate of drug-likeness (QED) is 0.190. The van der Waals surface area contributed by atoms with Crippen LogP contribution in [0.4, 0.5) is 0 Å². The molecule has 7 nitrogen and oxygen atoms in total. The smallest absolute Gasteiger partial charge is 0.295 e. The molecule has 0 aliphatic carbocycles.